The van der Waals surface area contributed by atoms with Gasteiger partial charge in [-0.15, -0.1) is 0 Å². The summed E-state index contributed by atoms with van der Waals surface area (Å²) in [6.07, 6.45) is 1.94. The maximum absolute atomic E-state index is 12.9. The van der Waals surface area contributed by atoms with Crippen LogP contribution < -0.4 is 10.6 Å². The van der Waals surface area contributed by atoms with E-state index in [2.05, 4.69) is 39.9 Å². The van der Waals surface area contributed by atoms with E-state index in [0.29, 0.717) is 28.8 Å². The molecule has 2 aliphatic carbocycles. The number of carbonyl (C=O) groups is 2. The van der Waals surface area contributed by atoms with E-state index in [4.69, 9.17) is 4.98 Å². The van der Waals surface area contributed by atoms with Gasteiger partial charge in [-0.2, -0.15) is 0 Å². The van der Waals surface area contributed by atoms with E-state index in [9.17, 15) is 9.59 Å². The minimum absolute atomic E-state index is 0.0598. The molecule has 7 rings (SSSR count). The van der Waals surface area contributed by atoms with Crippen molar-refractivity contribution >= 4 is 22.8 Å². The predicted molar refractivity (Wildman–Crippen MR) is 152 cm³/mol. The van der Waals surface area contributed by atoms with Gasteiger partial charge in [-0.1, -0.05) is 72.8 Å². The van der Waals surface area contributed by atoms with E-state index in [1.807, 2.05) is 78.9 Å². The summed E-state index contributed by atoms with van der Waals surface area (Å²) in [5.41, 5.74) is 6.23. The highest BCUT2D eigenvalue weighted by atomic mass is 16.2. The van der Waals surface area contributed by atoms with Gasteiger partial charge in [-0.05, 0) is 54.3 Å². The Morgan fingerprint density at radius 2 is 1.21 bits per heavy atom. The fourth-order valence-electron chi connectivity index (χ4n) is 5.41. The van der Waals surface area contributed by atoms with Gasteiger partial charge < -0.3 is 15.6 Å². The smallest absolute Gasteiger partial charge is 0.251 e. The molecule has 4 unspecified atom stereocenters. The lowest BCUT2D eigenvalue weighted by Crippen LogP contribution is -2.26. The average Bonchev–Trinajstić information content (AvgIpc) is 3.89. The first-order valence-corrected chi connectivity index (χ1v) is 13.4. The summed E-state index contributed by atoms with van der Waals surface area (Å²) in [5, 5.41) is 6.30. The van der Waals surface area contributed by atoms with E-state index in [1.54, 1.807) is 0 Å². The van der Waals surface area contributed by atoms with Crippen molar-refractivity contribution in [1.82, 2.24) is 20.6 Å². The molecule has 1 heterocycles. The highest BCUT2D eigenvalue weighted by molar-refractivity contribution is 5.98. The van der Waals surface area contributed by atoms with E-state index >= 15 is 0 Å². The zero-order valence-electron chi connectivity index (χ0n) is 21.3. The number of H-pyrrole nitrogens is 1. The summed E-state index contributed by atoms with van der Waals surface area (Å²) in [5.74, 6) is 1.34. The number of rotatable bonds is 7. The van der Waals surface area contributed by atoms with Crippen LogP contribution in [-0.2, 0) is 0 Å². The molecule has 4 aromatic carbocycles. The molecule has 4 atom stereocenters. The van der Waals surface area contributed by atoms with Gasteiger partial charge >= 0.3 is 0 Å². The molecule has 2 saturated carbocycles. The zero-order valence-corrected chi connectivity index (χ0v) is 21.3. The minimum Gasteiger partial charge on any atom is -0.349 e. The fourth-order valence-corrected chi connectivity index (χ4v) is 5.41. The van der Waals surface area contributed by atoms with E-state index in [1.165, 1.54) is 11.1 Å². The Morgan fingerprint density at radius 1 is 0.667 bits per heavy atom. The summed E-state index contributed by atoms with van der Waals surface area (Å²) in [4.78, 5) is 33.7. The summed E-state index contributed by atoms with van der Waals surface area (Å²) >= 11 is 0. The number of aromatic amines is 1. The van der Waals surface area contributed by atoms with E-state index < -0.39 is 0 Å². The maximum Gasteiger partial charge on any atom is 0.251 e. The molecule has 2 amide bonds. The molecule has 2 aliphatic rings. The third kappa shape index (κ3) is 4.81. The molecular formula is C33H28N4O2. The van der Waals surface area contributed by atoms with Crippen molar-refractivity contribution in [3.05, 3.63) is 125 Å². The number of nitrogens with zero attached hydrogens (tertiary/aromatic N) is 1. The Hall–Kier alpha value is -4.71. The molecule has 6 heteroatoms. The number of hydrogen-bond donors (Lipinski definition) is 3. The monoisotopic (exact) mass is 512 g/mol. The van der Waals surface area contributed by atoms with Crippen molar-refractivity contribution in [2.24, 2.45) is 0 Å². The van der Waals surface area contributed by atoms with Crippen molar-refractivity contribution in [1.29, 1.82) is 0 Å². The molecule has 39 heavy (non-hydrogen) atoms. The fraction of sp³-hybridized carbons (Fsp3) is 0.182. The topological polar surface area (TPSA) is 86.9 Å². The molecule has 0 saturated heterocycles. The summed E-state index contributed by atoms with van der Waals surface area (Å²) in [7, 11) is 0. The maximum atomic E-state index is 12.9. The molecule has 1 aromatic heterocycles. The van der Waals surface area contributed by atoms with E-state index in [-0.39, 0.29) is 23.9 Å². The van der Waals surface area contributed by atoms with Crippen molar-refractivity contribution < 1.29 is 9.59 Å². The van der Waals surface area contributed by atoms with Gasteiger partial charge in [0.05, 0.1) is 11.0 Å². The summed E-state index contributed by atoms with van der Waals surface area (Å²) in [6.45, 7) is 0. The highest BCUT2D eigenvalue weighted by Crippen LogP contribution is 2.41. The number of carbonyl (C=O) groups excluding carboxylic acids is 2. The number of aromatic nitrogens is 2. The van der Waals surface area contributed by atoms with Gasteiger partial charge in [0.1, 0.15) is 5.82 Å². The Bertz CT molecular complexity index is 1660. The van der Waals surface area contributed by atoms with Crippen LogP contribution in [0.1, 0.15) is 56.5 Å². The molecule has 0 bridgehead atoms. The number of nitrogens with one attached hydrogen (secondary N) is 3. The Balaban J connectivity index is 0.996. The van der Waals surface area contributed by atoms with Crippen LogP contribution in [-0.4, -0.2) is 33.9 Å². The highest BCUT2D eigenvalue weighted by Gasteiger charge is 2.40. The van der Waals surface area contributed by atoms with Crippen molar-refractivity contribution in [3.8, 4) is 11.4 Å². The first kappa shape index (κ1) is 23.4. The third-order valence-electron chi connectivity index (χ3n) is 7.84. The van der Waals surface area contributed by atoms with Gasteiger partial charge in [-0.3, -0.25) is 9.59 Å². The average molecular weight is 513 g/mol. The number of fused-ring (bicyclic) bond motifs is 1. The number of amides is 2. The van der Waals surface area contributed by atoms with Crippen LogP contribution in [0.3, 0.4) is 0 Å². The number of hydrogen-bond acceptors (Lipinski definition) is 3. The SMILES string of the molecule is O=C(NC1CC1c1ccccc1)c1ccc(-c2nc3cc(C(=O)NC4CC4c4ccccc4)ccc3[nH]2)cc1. The van der Waals surface area contributed by atoms with Gasteiger partial charge in [0, 0.05) is 40.6 Å². The minimum atomic E-state index is -0.0783. The molecule has 0 spiro atoms. The van der Waals surface area contributed by atoms with Crippen LogP contribution >= 0.6 is 0 Å². The van der Waals surface area contributed by atoms with Gasteiger partial charge in [-0.25, -0.2) is 4.98 Å². The normalized spacial score (nSPS) is 21.3. The largest absolute Gasteiger partial charge is 0.349 e. The molecule has 192 valence electrons. The lowest BCUT2D eigenvalue weighted by molar-refractivity contribution is 0.0942. The molecule has 3 N–H and O–H groups in total. The number of imidazole rings is 1. The first-order valence-electron chi connectivity index (χ1n) is 13.4. The molecule has 0 aliphatic heterocycles. The second-order valence-electron chi connectivity index (χ2n) is 10.6. The van der Waals surface area contributed by atoms with Crippen LogP contribution in [0.5, 0.6) is 0 Å². The Morgan fingerprint density at radius 3 is 1.79 bits per heavy atom. The summed E-state index contributed by atoms with van der Waals surface area (Å²) < 4.78 is 0. The molecule has 2 fully saturated rings. The first-order chi connectivity index (χ1) is 19.1. The lowest BCUT2D eigenvalue weighted by Gasteiger charge is -2.06. The Kier molecular flexibility index (Phi) is 5.73. The van der Waals surface area contributed by atoms with Crippen LogP contribution in [0.2, 0.25) is 0 Å². The quantitative estimate of drug-likeness (QED) is 0.258. The second-order valence-corrected chi connectivity index (χ2v) is 10.6. The lowest BCUT2D eigenvalue weighted by atomic mass is 10.1. The Labute approximate surface area is 226 Å². The third-order valence-corrected chi connectivity index (χ3v) is 7.84. The van der Waals surface area contributed by atoms with Crippen LogP contribution in [0.25, 0.3) is 22.4 Å². The van der Waals surface area contributed by atoms with Crippen LogP contribution in [0.15, 0.2) is 103 Å². The number of benzene rings is 4. The van der Waals surface area contributed by atoms with Crippen LogP contribution in [0, 0.1) is 0 Å². The van der Waals surface area contributed by atoms with Gasteiger partial charge in [0.2, 0.25) is 0 Å². The van der Waals surface area contributed by atoms with Gasteiger partial charge in [0.25, 0.3) is 11.8 Å². The molecular weight excluding hydrogens is 484 g/mol. The molecule has 5 aromatic rings. The second kappa shape index (κ2) is 9.55. The van der Waals surface area contributed by atoms with Gasteiger partial charge in [0.15, 0.2) is 0 Å². The van der Waals surface area contributed by atoms with Crippen molar-refractivity contribution in [2.75, 3.05) is 0 Å². The molecule has 6 nitrogen and oxygen atoms in total. The molecule has 0 radical (unpaired) electrons. The zero-order chi connectivity index (χ0) is 26.3. The van der Waals surface area contributed by atoms with Crippen molar-refractivity contribution in [3.63, 3.8) is 0 Å². The predicted octanol–water partition coefficient (Wildman–Crippen LogP) is 5.80. The van der Waals surface area contributed by atoms with E-state index in [0.717, 1.165) is 29.4 Å². The van der Waals surface area contributed by atoms with Crippen molar-refractivity contribution in [2.45, 2.75) is 36.8 Å². The summed E-state index contributed by atoms with van der Waals surface area (Å²) in [6, 6.07) is 34.0. The standard InChI is InChI=1S/C33H28N4O2/c38-32(36-28-18-25(28)20-7-3-1-4-8-20)23-13-11-22(12-14-23)31-34-27-16-15-24(17-30(27)35-31)33(39)37-29-19-26(29)21-9-5-2-6-10-21/h1-17,25-26,28-29H,18-19H2,(H,34,35)(H,36,38)(H,37,39). The van der Waals surface area contributed by atoms with Crippen LogP contribution in [0.4, 0.5) is 0 Å².